The van der Waals surface area contributed by atoms with Gasteiger partial charge in [-0.25, -0.2) is 9.37 Å². The zero-order chi connectivity index (χ0) is 18.1. The Morgan fingerprint density at radius 1 is 1.19 bits per heavy atom. The van der Waals surface area contributed by atoms with Crippen LogP contribution in [-0.4, -0.2) is 24.1 Å². The quantitative estimate of drug-likeness (QED) is 0.462. The van der Waals surface area contributed by atoms with E-state index in [2.05, 4.69) is 31.1 Å². The van der Waals surface area contributed by atoms with Crippen molar-refractivity contribution in [2.45, 2.75) is 10.9 Å². The Hall–Kier alpha value is -2.52. The molecule has 9 heteroatoms. The molecule has 0 amide bonds. The van der Waals surface area contributed by atoms with Gasteiger partial charge in [0.25, 0.3) is 5.56 Å². The van der Waals surface area contributed by atoms with Crippen molar-refractivity contribution in [3.05, 3.63) is 81.3 Å². The van der Waals surface area contributed by atoms with Crippen LogP contribution >= 0.6 is 27.7 Å². The number of para-hydroxylation sites is 1. The highest BCUT2D eigenvalue weighted by Crippen LogP contribution is 2.24. The number of aromatic nitrogens is 5. The lowest BCUT2D eigenvalue weighted by Gasteiger charge is -2.07. The Morgan fingerprint density at radius 2 is 2.04 bits per heavy atom. The lowest BCUT2D eigenvalue weighted by Crippen LogP contribution is -2.15. The molecule has 0 atom stereocenters. The second kappa shape index (κ2) is 7.00. The summed E-state index contributed by atoms with van der Waals surface area (Å²) in [4.78, 5) is 16.7. The molecule has 0 spiro atoms. The molecule has 6 nitrogen and oxygen atoms in total. The van der Waals surface area contributed by atoms with Crippen molar-refractivity contribution in [1.29, 1.82) is 0 Å². The van der Waals surface area contributed by atoms with E-state index in [1.54, 1.807) is 35.0 Å². The summed E-state index contributed by atoms with van der Waals surface area (Å²) in [5, 5.41) is 8.42. The Labute approximate surface area is 159 Å². The summed E-state index contributed by atoms with van der Waals surface area (Å²) in [5.41, 5.74) is 1.39. The van der Waals surface area contributed by atoms with E-state index < -0.39 is 0 Å². The fraction of sp³-hybridized carbons (Fsp3) is 0.0588. The second-order valence-corrected chi connectivity index (χ2v) is 7.24. The second-order valence-electron chi connectivity index (χ2n) is 5.38. The molecule has 0 N–H and O–H groups in total. The zero-order valence-corrected chi connectivity index (χ0v) is 15.6. The molecule has 0 aliphatic heterocycles. The third-order valence-corrected chi connectivity index (χ3v) is 5.10. The average molecular weight is 432 g/mol. The third kappa shape index (κ3) is 3.27. The molecule has 1 aromatic carbocycles. The van der Waals surface area contributed by atoms with Crippen molar-refractivity contribution in [1.82, 2.24) is 24.1 Å². The molecule has 0 radical (unpaired) electrons. The number of halogens is 2. The maximum absolute atomic E-state index is 14.0. The summed E-state index contributed by atoms with van der Waals surface area (Å²) >= 11 is 4.67. The van der Waals surface area contributed by atoms with E-state index in [1.807, 2.05) is 6.07 Å². The van der Waals surface area contributed by atoms with Crippen molar-refractivity contribution in [3.8, 4) is 5.69 Å². The SMILES string of the molecule is O=c1cc(CSc2nncn2-c2ccccc2F)nc2ccc(Br)cn12. The molecule has 0 saturated carbocycles. The van der Waals surface area contributed by atoms with Crippen molar-refractivity contribution < 1.29 is 4.39 Å². The maximum atomic E-state index is 14.0. The standard InChI is InChI=1S/C17H11BrFN5OS/c18-11-5-6-15-21-12(7-16(25)23(15)8-11)9-26-17-22-20-10-24(17)14-4-2-1-3-13(14)19/h1-8,10H,9H2. The summed E-state index contributed by atoms with van der Waals surface area (Å²) in [6, 6.07) is 11.5. The van der Waals surface area contributed by atoms with Gasteiger partial charge in [0.15, 0.2) is 5.16 Å². The maximum Gasteiger partial charge on any atom is 0.258 e. The molecule has 4 aromatic rings. The van der Waals surface area contributed by atoms with Gasteiger partial charge in [-0.3, -0.25) is 13.8 Å². The normalized spacial score (nSPS) is 11.2. The summed E-state index contributed by atoms with van der Waals surface area (Å²) < 4.78 is 17.9. The van der Waals surface area contributed by atoms with Crippen LogP contribution in [-0.2, 0) is 5.75 Å². The van der Waals surface area contributed by atoms with E-state index in [4.69, 9.17) is 0 Å². The molecule has 0 fully saturated rings. The van der Waals surface area contributed by atoms with Crippen molar-refractivity contribution >= 4 is 33.3 Å². The number of fused-ring (bicyclic) bond motifs is 1. The summed E-state index contributed by atoms with van der Waals surface area (Å²) in [6.45, 7) is 0. The number of thioether (sulfide) groups is 1. The van der Waals surface area contributed by atoms with Crippen LogP contribution in [0, 0.1) is 5.82 Å². The molecular weight excluding hydrogens is 421 g/mol. The molecule has 0 aliphatic carbocycles. The van der Waals surface area contributed by atoms with Crippen LogP contribution in [0.2, 0.25) is 0 Å². The number of hydrogen-bond acceptors (Lipinski definition) is 5. The Balaban J connectivity index is 1.62. The summed E-state index contributed by atoms with van der Waals surface area (Å²) in [7, 11) is 0. The van der Waals surface area contributed by atoms with Gasteiger partial charge in [0.05, 0.1) is 11.4 Å². The van der Waals surface area contributed by atoms with Crippen molar-refractivity contribution in [2.75, 3.05) is 0 Å². The van der Waals surface area contributed by atoms with Gasteiger partial charge in [0, 0.05) is 22.5 Å². The minimum atomic E-state index is -0.359. The van der Waals surface area contributed by atoms with Gasteiger partial charge in [-0.15, -0.1) is 10.2 Å². The highest BCUT2D eigenvalue weighted by Gasteiger charge is 2.12. The molecule has 130 valence electrons. The van der Waals surface area contributed by atoms with Crippen LogP contribution in [0.4, 0.5) is 4.39 Å². The molecule has 3 aromatic heterocycles. The summed E-state index contributed by atoms with van der Waals surface area (Å²) in [5.74, 6) is 0.0522. The lowest BCUT2D eigenvalue weighted by atomic mass is 10.3. The largest absolute Gasteiger partial charge is 0.274 e. The fourth-order valence-electron chi connectivity index (χ4n) is 2.47. The van der Waals surface area contributed by atoms with Crippen LogP contribution in [0.25, 0.3) is 11.3 Å². The molecule has 0 bridgehead atoms. The first-order chi connectivity index (χ1) is 12.6. The third-order valence-electron chi connectivity index (χ3n) is 3.65. The molecule has 26 heavy (non-hydrogen) atoms. The van der Waals surface area contributed by atoms with Crippen molar-refractivity contribution in [2.24, 2.45) is 0 Å². The number of benzene rings is 1. The van der Waals surface area contributed by atoms with Gasteiger partial charge in [0.2, 0.25) is 0 Å². The van der Waals surface area contributed by atoms with Gasteiger partial charge in [0.1, 0.15) is 17.8 Å². The highest BCUT2D eigenvalue weighted by atomic mass is 79.9. The lowest BCUT2D eigenvalue weighted by molar-refractivity contribution is 0.613. The summed E-state index contributed by atoms with van der Waals surface area (Å²) in [6.07, 6.45) is 3.14. The molecule has 0 unspecified atom stereocenters. The predicted octanol–water partition coefficient (Wildman–Crippen LogP) is 3.47. The van der Waals surface area contributed by atoms with Crippen LogP contribution in [0.3, 0.4) is 0 Å². The smallest absolute Gasteiger partial charge is 0.258 e. The van der Waals surface area contributed by atoms with Gasteiger partial charge in [-0.05, 0) is 40.2 Å². The Bertz CT molecular complexity index is 1160. The van der Waals surface area contributed by atoms with Crippen LogP contribution in [0.15, 0.2) is 69.4 Å². The van der Waals surface area contributed by atoms with E-state index in [9.17, 15) is 9.18 Å². The monoisotopic (exact) mass is 431 g/mol. The number of pyridine rings is 1. The van der Waals surface area contributed by atoms with Crippen LogP contribution in [0.5, 0.6) is 0 Å². The van der Waals surface area contributed by atoms with E-state index in [0.717, 1.165) is 4.47 Å². The topological polar surface area (TPSA) is 65.1 Å². The minimum absolute atomic E-state index is 0.164. The molecule has 0 aliphatic rings. The van der Waals surface area contributed by atoms with Crippen LogP contribution in [0.1, 0.15) is 5.69 Å². The minimum Gasteiger partial charge on any atom is -0.274 e. The molecule has 3 heterocycles. The zero-order valence-electron chi connectivity index (χ0n) is 13.2. The highest BCUT2D eigenvalue weighted by molar-refractivity contribution is 9.10. The first-order valence-corrected chi connectivity index (χ1v) is 9.35. The van der Waals surface area contributed by atoms with Gasteiger partial charge in [-0.1, -0.05) is 23.9 Å². The number of rotatable bonds is 4. The fourth-order valence-corrected chi connectivity index (χ4v) is 3.62. The van der Waals surface area contributed by atoms with E-state index in [1.165, 1.54) is 34.6 Å². The van der Waals surface area contributed by atoms with E-state index >= 15 is 0 Å². The molecular formula is C17H11BrFN5OS. The average Bonchev–Trinajstić information content (AvgIpc) is 3.09. The van der Waals surface area contributed by atoms with E-state index in [-0.39, 0.29) is 11.4 Å². The molecule has 4 rings (SSSR count). The first kappa shape index (κ1) is 16.9. The Morgan fingerprint density at radius 3 is 2.88 bits per heavy atom. The van der Waals surface area contributed by atoms with Gasteiger partial charge < -0.3 is 0 Å². The van der Waals surface area contributed by atoms with Crippen molar-refractivity contribution in [3.63, 3.8) is 0 Å². The Kier molecular flexibility index (Phi) is 4.56. The number of nitrogens with zero attached hydrogens (tertiary/aromatic N) is 5. The van der Waals surface area contributed by atoms with E-state index in [0.29, 0.717) is 27.9 Å². The van der Waals surface area contributed by atoms with Gasteiger partial charge >= 0.3 is 0 Å². The first-order valence-electron chi connectivity index (χ1n) is 7.57. The predicted molar refractivity (Wildman–Crippen MR) is 100 cm³/mol. The van der Waals surface area contributed by atoms with Gasteiger partial charge in [-0.2, -0.15) is 0 Å². The molecule has 0 saturated heterocycles. The van der Waals surface area contributed by atoms with Crippen LogP contribution < -0.4 is 5.56 Å². The number of hydrogen-bond donors (Lipinski definition) is 0.